The maximum Gasteiger partial charge on any atom is 0.164 e. The minimum Gasteiger partial charge on any atom is -0.394 e. The normalized spacial score (nSPS) is 34.9. The third-order valence-electron chi connectivity index (χ3n) is 17.3. The SMILES string of the molecule is C.CC(C)[C@H]1OC(C)(C)O[C@@H]1C(C)C.CC1(C)O[C@H]([C@@H]2CO2)[C@@H]([C@@H]2CO2)O1.CC1(C)O[C@H]([C@H](O)CO)[C@@H]([C@H](O)CO)O1.CC[C@@H](C)[C@H]1OC(C)(C)O[C@@H]1[C@H](C)CC.CC[C@@H](O)[C@H]1OC(C)(C)O[C@@H]1[C@H](O)CC.C[C@H](O)[C@H]1OC(C)(C)O[C@@H]1[C@H](C)O.OC[C@@H](O)[C@@H](O)[C@H](O)[C@H](O)CO. The molecular weight excluding hydrogens is 1280 g/mol. The van der Waals surface area contributed by atoms with Crippen LogP contribution in [0.25, 0.3) is 0 Å². The van der Waals surface area contributed by atoms with Crippen molar-refractivity contribution in [2.75, 3.05) is 39.6 Å². The molecule has 28 nitrogen and oxygen atoms in total. The highest BCUT2D eigenvalue weighted by Gasteiger charge is 2.56. The van der Waals surface area contributed by atoms with Crippen molar-refractivity contribution in [3.05, 3.63) is 0 Å². The average molecular weight is 1420 g/mol. The largest absolute Gasteiger partial charge is 0.394 e. The molecule has 28 heteroatoms. The molecule has 8 heterocycles. The number of aliphatic hydroxyl groups is 14. The maximum absolute atomic E-state index is 9.79. The molecule has 0 bridgehead atoms. The van der Waals surface area contributed by atoms with Crippen LogP contribution in [0.1, 0.15) is 199 Å². The molecule has 8 fully saturated rings. The Bertz CT molecular complexity index is 1790. The molecule has 8 aliphatic heterocycles. The van der Waals surface area contributed by atoms with E-state index in [9.17, 15) is 30.6 Å². The zero-order chi connectivity index (χ0) is 74.1. The van der Waals surface area contributed by atoms with E-state index in [2.05, 4.69) is 55.4 Å². The molecule has 582 valence electrons. The Balaban J connectivity index is 0.000000566. The van der Waals surface area contributed by atoms with Crippen molar-refractivity contribution >= 4 is 0 Å². The second-order valence-electron chi connectivity index (χ2n) is 29.8. The van der Waals surface area contributed by atoms with E-state index in [1.807, 2.05) is 55.4 Å². The summed E-state index contributed by atoms with van der Waals surface area (Å²) < 4.78 is 78.5. The summed E-state index contributed by atoms with van der Waals surface area (Å²) in [7, 11) is 0. The molecule has 0 radical (unpaired) electrons. The summed E-state index contributed by atoms with van der Waals surface area (Å²) in [6.45, 7) is 46.2. The average Bonchev–Trinajstić information content (AvgIpc) is 1.62. The molecule has 0 aliphatic carbocycles. The summed E-state index contributed by atoms with van der Waals surface area (Å²) in [4.78, 5) is 0. The second kappa shape index (κ2) is 41.0. The minimum atomic E-state index is -1.67. The highest BCUT2D eigenvalue weighted by atomic mass is 16.8. The first kappa shape index (κ1) is 93.9. The first-order valence-corrected chi connectivity index (χ1v) is 34.7. The summed E-state index contributed by atoms with van der Waals surface area (Å²) in [5.41, 5.74) is 0. The lowest BCUT2D eigenvalue weighted by Crippen LogP contribution is -2.46. The van der Waals surface area contributed by atoms with E-state index in [1.165, 1.54) is 0 Å². The van der Waals surface area contributed by atoms with E-state index in [1.54, 1.807) is 55.4 Å². The Hall–Kier alpha value is -1.12. The van der Waals surface area contributed by atoms with Gasteiger partial charge in [0, 0.05) is 0 Å². The lowest BCUT2D eigenvalue weighted by Gasteiger charge is -2.26. The number of rotatable bonds is 23. The number of ether oxygens (including phenoxy) is 14. The van der Waals surface area contributed by atoms with Crippen LogP contribution in [0.4, 0.5) is 0 Å². The van der Waals surface area contributed by atoms with Crippen LogP contribution in [0.2, 0.25) is 0 Å². The summed E-state index contributed by atoms with van der Waals surface area (Å²) in [6.07, 6.45) is -9.44. The van der Waals surface area contributed by atoms with E-state index in [-0.39, 0.29) is 56.3 Å². The van der Waals surface area contributed by atoms with Crippen molar-refractivity contribution in [3.63, 3.8) is 0 Å². The molecular formula is C69H138O28. The molecule has 0 aromatic rings. The fourth-order valence-corrected chi connectivity index (χ4v) is 11.6. The first-order chi connectivity index (χ1) is 44.1. The minimum absolute atomic E-state index is 0. The molecule has 0 aromatic carbocycles. The van der Waals surface area contributed by atoms with Crippen LogP contribution in [0, 0.1) is 23.7 Å². The number of aliphatic hydroxyl groups excluding tert-OH is 14. The zero-order valence-electron chi connectivity index (χ0n) is 62.2. The fourth-order valence-electron chi connectivity index (χ4n) is 11.6. The van der Waals surface area contributed by atoms with E-state index in [0.29, 0.717) is 36.5 Å². The van der Waals surface area contributed by atoms with Crippen LogP contribution in [-0.4, -0.2) is 292 Å². The van der Waals surface area contributed by atoms with Crippen molar-refractivity contribution in [1.82, 2.24) is 0 Å². The van der Waals surface area contributed by atoms with Gasteiger partial charge in [0.05, 0.1) is 88.5 Å². The van der Waals surface area contributed by atoms with Gasteiger partial charge in [0.1, 0.15) is 97.7 Å². The molecule has 0 saturated carbocycles. The number of epoxide rings is 2. The Morgan fingerprint density at radius 3 is 0.711 bits per heavy atom. The summed E-state index contributed by atoms with van der Waals surface area (Å²) in [6, 6.07) is 0. The summed E-state index contributed by atoms with van der Waals surface area (Å²) in [5.74, 6) is -1.47. The summed E-state index contributed by atoms with van der Waals surface area (Å²) >= 11 is 0. The van der Waals surface area contributed by atoms with Gasteiger partial charge in [-0.15, -0.1) is 0 Å². The van der Waals surface area contributed by atoms with Crippen LogP contribution >= 0.6 is 0 Å². The number of hydrogen-bond acceptors (Lipinski definition) is 28. The van der Waals surface area contributed by atoms with Gasteiger partial charge in [0.2, 0.25) is 0 Å². The van der Waals surface area contributed by atoms with Gasteiger partial charge in [-0.1, -0.05) is 89.5 Å². The van der Waals surface area contributed by atoms with Crippen molar-refractivity contribution in [1.29, 1.82) is 0 Å². The van der Waals surface area contributed by atoms with Gasteiger partial charge in [-0.2, -0.15) is 0 Å². The molecule has 8 saturated heterocycles. The number of hydrogen-bond donors (Lipinski definition) is 14. The van der Waals surface area contributed by atoms with Gasteiger partial charge in [-0.05, 0) is 133 Å². The first-order valence-electron chi connectivity index (χ1n) is 34.7. The monoisotopic (exact) mass is 1410 g/mol. The van der Waals surface area contributed by atoms with Crippen molar-refractivity contribution in [3.8, 4) is 0 Å². The molecule has 8 rings (SSSR count). The van der Waals surface area contributed by atoms with Crippen LogP contribution in [0.5, 0.6) is 0 Å². The Kier molecular flexibility index (Phi) is 39.6. The van der Waals surface area contributed by atoms with Gasteiger partial charge in [0.25, 0.3) is 0 Å². The molecule has 0 unspecified atom stereocenters. The van der Waals surface area contributed by atoms with E-state index in [4.69, 9.17) is 107 Å². The van der Waals surface area contributed by atoms with E-state index < -0.39 is 159 Å². The topological polar surface area (TPSA) is 419 Å². The fraction of sp³-hybridized carbons (Fsp3) is 1.00. The summed E-state index contributed by atoms with van der Waals surface area (Å²) in [5, 5.41) is 127. The lowest BCUT2D eigenvalue weighted by molar-refractivity contribution is -0.163. The van der Waals surface area contributed by atoms with Crippen molar-refractivity contribution in [2.45, 2.75) is 380 Å². The van der Waals surface area contributed by atoms with Crippen LogP contribution in [-0.2, 0) is 66.3 Å². The predicted molar refractivity (Wildman–Crippen MR) is 358 cm³/mol. The molecule has 0 spiro atoms. The molecule has 14 N–H and O–H groups in total. The third kappa shape index (κ3) is 30.1. The van der Waals surface area contributed by atoms with Crippen LogP contribution in [0.3, 0.4) is 0 Å². The smallest absolute Gasteiger partial charge is 0.164 e. The van der Waals surface area contributed by atoms with E-state index >= 15 is 0 Å². The van der Waals surface area contributed by atoms with Gasteiger partial charge in [-0.25, -0.2) is 0 Å². The highest BCUT2D eigenvalue weighted by molar-refractivity contribution is 4.99. The molecule has 97 heavy (non-hydrogen) atoms. The molecule has 0 aromatic heterocycles. The van der Waals surface area contributed by atoms with E-state index in [0.717, 1.165) is 26.1 Å². The highest BCUT2D eigenvalue weighted by Crippen LogP contribution is 2.41. The second-order valence-corrected chi connectivity index (χ2v) is 29.8. The van der Waals surface area contributed by atoms with Crippen LogP contribution in [0.15, 0.2) is 0 Å². The Morgan fingerprint density at radius 1 is 0.299 bits per heavy atom. The quantitative estimate of drug-likeness (QED) is 0.0653. The van der Waals surface area contributed by atoms with Gasteiger partial charge in [0.15, 0.2) is 34.7 Å². The standard InChI is InChI=1S/C13H26O2.C11H22O4.C11H22O2.C9H18O6.C9H14O4.C9H18O4.C6H14O6.CH4/c1-7-9(3)11-12(10(4)8-2)15-13(5,6)14-11;1-5-7(12)9-10(8(13)6-2)15-11(3,4)14-9;1-7(2)9-10(8(3)4)13-11(5,6)12-9;1-9(2)14-7(5(12)3-10)8(15-9)6(13)4-11;1-9(2)12-7(5-3-10-5)8(13-9)6-4-11-6;1-5(10)7-8(6(2)11)13-9(3,4)12-7;7-1-3(9)5(11)6(12)4(10)2-8;/h9-12H,7-8H2,1-6H3;7-10,12-13H,5-6H2,1-4H3;7-10H,1-6H3;5-8,10-13H,3-4H2,1-2H3;5-8H,3-4H2,1-2H3;5-8,10-11H,1-4H3;3-12H,1-2H2;1H4/t9-,10-,11-,12-;7-,8-,9-,10-;9-,10-;5-,6-,7-,8-;2*5-,6-,7+,8+;3-,4-,5-,6-;/m1111001./s1. The van der Waals surface area contributed by atoms with Crippen molar-refractivity contribution in [2.24, 2.45) is 23.7 Å². The Labute approximate surface area is 579 Å². The van der Waals surface area contributed by atoms with Crippen LogP contribution < -0.4 is 0 Å². The zero-order valence-corrected chi connectivity index (χ0v) is 62.2. The van der Waals surface area contributed by atoms with Gasteiger partial charge < -0.3 is 138 Å². The van der Waals surface area contributed by atoms with Crippen molar-refractivity contribution < 1.29 is 138 Å². The van der Waals surface area contributed by atoms with Gasteiger partial charge in [-0.3, -0.25) is 0 Å². The predicted octanol–water partition coefficient (Wildman–Crippen LogP) is 3.30. The molecule has 26 atom stereocenters. The molecule has 0 amide bonds. The lowest BCUT2D eigenvalue weighted by atomic mass is 9.89. The third-order valence-corrected chi connectivity index (χ3v) is 17.3. The van der Waals surface area contributed by atoms with Gasteiger partial charge >= 0.3 is 0 Å². The Morgan fingerprint density at radius 2 is 0.515 bits per heavy atom. The maximum atomic E-state index is 9.79. The molecule has 8 aliphatic rings.